The molecule has 0 saturated heterocycles. The maximum Gasteiger partial charge on any atom is 0.311 e. The van der Waals surface area contributed by atoms with Crippen molar-refractivity contribution >= 4 is 27.6 Å². The molecule has 88 valence electrons. The summed E-state index contributed by atoms with van der Waals surface area (Å²) in [5.41, 5.74) is 7.12. The molecule has 1 aromatic carbocycles. The lowest BCUT2D eigenvalue weighted by Gasteiger charge is -2.21. The molecule has 0 bridgehead atoms. The van der Waals surface area contributed by atoms with Gasteiger partial charge in [0, 0.05) is 10.2 Å². The minimum absolute atomic E-state index is 0.0640. The average molecular weight is 286 g/mol. The molecule has 0 saturated carbocycles. The van der Waals surface area contributed by atoms with Crippen LogP contribution in [0.4, 0.5) is 5.69 Å². The number of nitrogens with two attached hydrogens (primary N) is 1. The zero-order valence-electron chi connectivity index (χ0n) is 9.40. The van der Waals surface area contributed by atoms with Crippen molar-refractivity contribution in [1.29, 1.82) is 0 Å². The Morgan fingerprint density at radius 2 is 2.19 bits per heavy atom. The van der Waals surface area contributed by atoms with Crippen LogP contribution < -0.4 is 5.73 Å². The highest BCUT2D eigenvalue weighted by molar-refractivity contribution is 9.10. The molecule has 0 radical (unpaired) electrons. The molecule has 0 fully saturated rings. The number of aliphatic carboxylic acids is 1. The number of benzene rings is 1. The zero-order valence-corrected chi connectivity index (χ0v) is 11.0. The molecule has 2 atom stereocenters. The van der Waals surface area contributed by atoms with Gasteiger partial charge in [-0.1, -0.05) is 32.4 Å². The van der Waals surface area contributed by atoms with Gasteiger partial charge in [0.2, 0.25) is 0 Å². The zero-order chi connectivity index (χ0) is 12.3. The fraction of sp³-hybridized carbons (Fsp3) is 0.417. The normalized spacial score (nSPS) is 14.4. The SMILES string of the molecule is CCC(C)C(C(=O)O)c1cccc(Br)c1N. The Bertz CT molecular complexity index is 393. The van der Waals surface area contributed by atoms with Crippen molar-refractivity contribution in [2.24, 2.45) is 5.92 Å². The quantitative estimate of drug-likeness (QED) is 0.835. The smallest absolute Gasteiger partial charge is 0.311 e. The lowest BCUT2D eigenvalue weighted by atomic mass is 9.85. The van der Waals surface area contributed by atoms with Gasteiger partial charge in [-0.25, -0.2) is 0 Å². The van der Waals surface area contributed by atoms with Crippen molar-refractivity contribution in [3.63, 3.8) is 0 Å². The molecule has 16 heavy (non-hydrogen) atoms. The van der Waals surface area contributed by atoms with Crippen LogP contribution in [0.1, 0.15) is 31.7 Å². The minimum Gasteiger partial charge on any atom is -0.481 e. The summed E-state index contributed by atoms with van der Waals surface area (Å²) in [5.74, 6) is -1.30. The first-order valence-electron chi connectivity index (χ1n) is 5.25. The van der Waals surface area contributed by atoms with Crippen LogP contribution in [0.2, 0.25) is 0 Å². The summed E-state index contributed by atoms with van der Waals surface area (Å²) in [7, 11) is 0. The van der Waals surface area contributed by atoms with Crippen LogP contribution >= 0.6 is 15.9 Å². The van der Waals surface area contributed by atoms with Crippen molar-refractivity contribution in [3.05, 3.63) is 28.2 Å². The molecule has 3 nitrogen and oxygen atoms in total. The third kappa shape index (κ3) is 2.55. The van der Waals surface area contributed by atoms with Gasteiger partial charge in [-0.2, -0.15) is 0 Å². The van der Waals surface area contributed by atoms with Gasteiger partial charge < -0.3 is 10.8 Å². The van der Waals surface area contributed by atoms with Gasteiger partial charge in [-0.05, 0) is 33.5 Å². The van der Waals surface area contributed by atoms with Crippen LogP contribution in [0, 0.1) is 5.92 Å². The summed E-state index contributed by atoms with van der Waals surface area (Å²) in [6, 6.07) is 5.41. The topological polar surface area (TPSA) is 63.3 Å². The molecule has 1 aromatic rings. The Labute approximate surface area is 104 Å². The maximum atomic E-state index is 11.3. The van der Waals surface area contributed by atoms with E-state index in [1.165, 1.54) is 0 Å². The molecule has 0 spiro atoms. The fourth-order valence-corrected chi connectivity index (χ4v) is 2.13. The Kier molecular flexibility index (Phi) is 4.35. The number of carboxylic acid groups (broad SMARTS) is 1. The van der Waals surface area contributed by atoms with E-state index in [2.05, 4.69) is 15.9 Å². The van der Waals surface area contributed by atoms with Gasteiger partial charge in [0.1, 0.15) is 0 Å². The van der Waals surface area contributed by atoms with E-state index in [1.54, 1.807) is 6.07 Å². The largest absolute Gasteiger partial charge is 0.481 e. The Hall–Kier alpha value is -1.03. The van der Waals surface area contributed by atoms with Crippen LogP contribution in [-0.4, -0.2) is 11.1 Å². The van der Waals surface area contributed by atoms with Gasteiger partial charge in [0.15, 0.2) is 0 Å². The Morgan fingerprint density at radius 3 is 2.69 bits per heavy atom. The molecule has 1 rings (SSSR count). The number of hydrogen-bond acceptors (Lipinski definition) is 2. The number of halogens is 1. The molecular formula is C12H16BrNO2. The second kappa shape index (κ2) is 5.34. The van der Waals surface area contributed by atoms with Crippen molar-refractivity contribution < 1.29 is 9.90 Å². The van der Waals surface area contributed by atoms with Crippen LogP contribution in [0.25, 0.3) is 0 Å². The molecule has 0 aliphatic carbocycles. The molecule has 0 aliphatic heterocycles. The number of hydrogen-bond donors (Lipinski definition) is 2. The molecule has 3 N–H and O–H groups in total. The van der Waals surface area contributed by atoms with Gasteiger partial charge in [-0.3, -0.25) is 4.79 Å². The second-order valence-electron chi connectivity index (χ2n) is 3.94. The predicted molar refractivity (Wildman–Crippen MR) is 68.4 cm³/mol. The minimum atomic E-state index is -0.820. The molecule has 4 heteroatoms. The van der Waals surface area contributed by atoms with E-state index in [0.717, 1.165) is 10.9 Å². The molecule has 2 unspecified atom stereocenters. The number of carbonyl (C=O) groups is 1. The number of para-hydroxylation sites is 1. The van der Waals surface area contributed by atoms with Crippen LogP contribution in [-0.2, 0) is 4.79 Å². The summed E-state index contributed by atoms with van der Waals surface area (Å²) in [6.07, 6.45) is 0.808. The van der Waals surface area contributed by atoms with Crippen LogP contribution in [0.3, 0.4) is 0 Å². The van der Waals surface area contributed by atoms with E-state index in [-0.39, 0.29) is 5.92 Å². The number of rotatable bonds is 4. The first-order chi connectivity index (χ1) is 7.49. The summed E-state index contributed by atoms with van der Waals surface area (Å²) < 4.78 is 0.750. The van der Waals surface area contributed by atoms with Crippen molar-refractivity contribution in [2.45, 2.75) is 26.2 Å². The molecule has 0 aliphatic rings. The first kappa shape index (κ1) is 13.0. The highest BCUT2D eigenvalue weighted by Gasteiger charge is 2.27. The Balaban J connectivity index is 3.21. The van der Waals surface area contributed by atoms with E-state index in [1.807, 2.05) is 26.0 Å². The predicted octanol–water partition coefficient (Wildman–Crippen LogP) is 3.25. The van der Waals surface area contributed by atoms with Crippen LogP contribution in [0.5, 0.6) is 0 Å². The van der Waals surface area contributed by atoms with Gasteiger partial charge >= 0.3 is 5.97 Å². The lowest BCUT2D eigenvalue weighted by Crippen LogP contribution is -2.20. The number of anilines is 1. The number of nitrogen functional groups attached to an aromatic ring is 1. The molecule has 0 heterocycles. The summed E-state index contributed by atoms with van der Waals surface area (Å²) in [4.78, 5) is 11.3. The maximum absolute atomic E-state index is 11.3. The summed E-state index contributed by atoms with van der Waals surface area (Å²) in [6.45, 7) is 3.91. The van der Waals surface area contributed by atoms with Gasteiger partial charge in [-0.15, -0.1) is 0 Å². The fourth-order valence-electron chi connectivity index (χ4n) is 1.74. The molecule has 0 aromatic heterocycles. The first-order valence-corrected chi connectivity index (χ1v) is 6.05. The third-order valence-corrected chi connectivity index (χ3v) is 3.59. The van der Waals surface area contributed by atoms with E-state index < -0.39 is 11.9 Å². The average Bonchev–Trinajstić information content (AvgIpc) is 2.24. The van der Waals surface area contributed by atoms with E-state index in [9.17, 15) is 9.90 Å². The van der Waals surface area contributed by atoms with E-state index in [4.69, 9.17) is 5.73 Å². The third-order valence-electron chi connectivity index (χ3n) is 2.90. The summed E-state index contributed by atoms with van der Waals surface area (Å²) in [5, 5.41) is 9.27. The standard InChI is InChI=1S/C12H16BrNO2/c1-3-7(2)10(12(15)16)8-5-4-6-9(13)11(8)14/h4-7,10H,3,14H2,1-2H3,(H,15,16). The van der Waals surface area contributed by atoms with Crippen molar-refractivity contribution in [3.8, 4) is 0 Å². The highest BCUT2D eigenvalue weighted by atomic mass is 79.9. The molecule has 0 amide bonds. The van der Waals surface area contributed by atoms with Gasteiger partial charge in [0.25, 0.3) is 0 Å². The van der Waals surface area contributed by atoms with E-state index >= 15 is 0 Å². The van der Waals surface area contributed by atoms with E-state index in [0.29, 0.717) is 11.3 Å². The number of carboxylic acids is 1. The molecular weight excluding hydrogens is 270 g/mol. The Morgan fingerprint density at radius 1 is 1.56 bits per heavy atom. The van der Waals surface area contributed by atoms with Crippen molar-refractivity contribution in [2.75, 3.05) is 5.73 Å². The van der Waals surface area contributed by atoms with Crippen LogP contribution in [0.15, 0.2) is 22.7 Å². The second-order valence-corrected chi connectivity index (χ2v) is 4.80. The lowest BCUT2D eigenvalue weighted by molar-refractivity contribution is -0.140. The highest BCUT2D eigenvalue weighted by Crippen LogP contribution is 2.34. The van der Waals surface area contributed by atoms with Crippen molar-refractivity contribution in [1.82, 2.24) is 0 Å². The summed E-state index contributed by atoms with van der Waals surface area (Å²) >= 11 is 3.32. The monoisotopic (exact) mass is 285 g/mol. The van der Waals surface area contributed by atoms with Gasteiger partial charge in [0.05, 0.1) is 5.92 Å².